The molecule has 10 heteroatoms. The van der Waals surface area contributed by atoms with Crippen LogP contribution in [-0.4, -0.2) is 27.0 Å². The van der Waals surface area contributed by atoms with E-state index in [1.165, 1.54) is 35.7 Å². The van der Waals surface area contributed by atoms with E-state index < -0.39 is 5.97 Å². The van der Waals surface area contributed by atoms with E-state index in [1.54, 1.807) is 18.2 Å². The van der Waals surface area contributed by atoms with Gasteiger partial charge >= 0.3 is 5.97 Å². The molecule has 0 aliphatic heterocycles. The molecular formula is C16H15BrN4O3S2. The summed E-state index contributed by atoms with van der Waals surface area (Å²) in [6.07, 6.45) is 0. The molecule has 3 aromatic rings. The van der Waals surface area contributed by atoms with Gasteiger partial charge in [-0.1, -0.05) is 17.4 Å². The summed E-state index contributed by atoms with van der Waals surface area (Å²) in [5, 5.41) is 17.9. The van der Waals surface area contributed by atoms with Crippen LogP contribution >= 0.6 is 39.7 Å². The van der Waals surface area contributed by atoms with E-state index in [0.29, 0.717) is 16.0 Å². The molecule has 1 amide bonds. The van der Waals surface area contributed by atoms with Crippen LogP contribution in [0.15, 0.2) is 29.6 Å². The zero-order valence-corrected chi connectivity index (χ0v) is 17.1. The number of aryl methyl sites for hydroxylation is 1. The fourth-order valence-electron chi connectivity index (χ4n) is 2.13. The lowest BCUT2D eigenvalue weighted by Crippen LogP contribution is -2.04. The molecule has 0 atom stereocenters. The van der Waals surface area contributed by atoms with Crippen LogP contribution in [0.5, 0.6) is 0 Å². The average Bonchev–Trinajstić information content (AvgIpc) is 3.13. The molecule has 2 aromatic heterocycles. The Bertz CT molecular complexity index is 955. The van der Waals surface area contributed by atoms with Gasteiger partial charge < -0.3 is 15.7 Å². The molecule has 0 spiro atoms. The lowest BCUT2D eigenvalue weighted by Gasteiger charge is -2.03. The number of anilines is 3. The SMILES string of the molecule is Br.CC(=O)Nc1nc(C)c(-c2csc(Nc3cccc(C(=O)O)c3)n2)s1. The van der Waals surface area contributed by atoms with Crippen LogP contribution < -0.4 is 10.6 Å². The highest BCUT2D eigenvalue weighted by molar-refractivity contribution is 8.93. The van der Waals surface area contributed by atoms with Crippen molar-refractivity contribution in [2.24, 2.45) is 0 Å². The number of aromatic carboxylic acids is 1. The first kappa shape index (κ1) is 20.0. The number of carboxylic acid groups (broad SMARTS) is 1. The van der Waals surface area contributed by atoms with Crippen LogP contribution in [0, 0.1) is 6.92 Å². The number of nitrogens with one attached hydrogen (secondary N) is 2. The highest BCUT2D eigenvalue weighted by Gasteiger charge is 2.14. The predicted molar refractivity (Wildman–Crippen MR) is 109 cm³/mol. The number of benzene rings is 1. The van der Waals surface area contributed by atoms with E-state index in [0.717, 1.165) is 16.3 Å². The van der Waals surface area contributed by atoms with Crippen LogP contribution in [0.25, 0.3) is 10.6 Å². The zero-order chi connectivity index (χ0) is 18.0. The Kier molecular flexibility index (Phi) is 6.46. The van der Waals surface area contributed by atoms with E-state index in [9.17, 15) is 9.59 Å². The van der Waals surface area contributed by atoms with Gasteiger partial charge in [-0.15, -0.1) is 28.3 Å². The third-order valence-electron chi connectivity index (χ3n) is 3.18. The van der Waals surface area contributed by atoms with Gasteiger partial charge in [0.15, 0.2) is 10.3 Å². The molecule has 0 saturated heterocycles. The van der Waals surface area contributed by atoms with Crippen molar-refractivity contribution in [3.05, 3.63) is 40.9 Å². The molecule has 0 bridgehead atoms. The minimum Gasteiger partial charge on any atom is -0.478 e. The number of carbonyl (C=O) groups is 2. The molecule has 0 fully saturated rings. The molecule has 0 radical (unpaired) electrons. The predicted octanol–water partition coefficient (Wildman–Crippen LogP) is 4.55. The van der Waals surface area contributed by atoms with Gasteiger partial charge in [-0.25, -0.2) is 14.8 Å². The van der Waals surface area contributed by atoms with Gasteiger partial charge in [0, 0.05) is 18.0 Å². The number of amides is 1. The Labute approximate surface area is 167 Å². The van der Waals surface area contributed by atoms with Gasteiger partial charge in [0.05, 0.1) is 21.8 Å². The molecule has 3 N–H and O–H groups in total. The monoisotopic (exact) mass is 454 g/mol. The number of carboxylic acids is 1. The van der Waals surface area contributed by atoms with Crippen LogP contribution in [0.4, 0.5) is 16.0 Å². The van der Waals surface area contributed by atoms with Gasteiger partial charge in [-0.05, 0) is 25.1 Å². The third kappa shape index (κ3) is 4.65. The van der Waals surface area contributed by atoms with Crippen LogP contribution in [0.3, 0.4) is 0 Å². The first-order chi connectivity index (χ1) is 11.9. The van der Waals surface area contributed by atoms with Gasteiger partial charge in [-0.2, -0.15) is 0 Å². The maximum Gasteiger partial charge on any atom is 0.335 e. The number of rotatable bonds is 5. The van der Waals surface area contributed by atoms with Crippen molar-refractivity contribution in [1.82, 2.24) is 9.97 Å². The number of hydrogen-bond donors (Lipinski definition) is 3. The Balaban J connectivity index is 0.00000243. The van der Waals surface area contributed by atoms with Gasteiger partial charge in [0.25, 0.3) is 0 Å². The lowest BCUT2D eigenvalue weighted by atomic mass is 10.2. The fourth-order valence-corrected chi connectivity index (χ4v) is 3.90. The lowest BCUT2D eigenvalue weighted by molar-refractivity contribution is -0.114. The highest BCUT2D eigenvalue weighted by atomic mass is 79.9. The van der Waals surface area contributed by atoms with E-state index in [2.05, 4.69) is 20.6 Å². The molecule has 0 saturated carbocycles. The summed E-state index contributed by atoms with van der Waals surface area (Å²) in [5.41, 5.74) is 2.41. The second-order valence-electron chi connectivity index (χ2n) is 5.16. The summed E-state index contributed by atoms with van der Waals surface area (Å²) in [6, 6.07) is 6.54. The largest absolute Gasteiger partial charge is 0.478 e. The summed E-state index contributed by atoms with van der Waals surface area (Å²) in [4.78, 5) is 31.9. The number of aromatic nitrogens is 2. The van der Waals surface area contributed by atoms with E-state index in [-0.39, 0.29) is 28.5 Å². The quantitative estimate of drug-likeness (QED) is 0.522. The molecular weight excluding hydrogens is 440 g/mol. The normalized spacial score (nSPS) is 10.1. The minimum atomic E-state index is -0.978. The Hall–Kier alpha value is -2.30. The number of nitrogens with zero attached hydrogens (tertiary/aromatic N) is 2. The Morgan fingerprint density at radius 1 is 1.19 bits per heavy atom. The molecule has 0 aliphatic rings. The van der Waals surface area contributed by atoms with Crippen molar-refractivity contribution in [3.63, 3.8) is 0 Å². The number of carbonyl (C=O) groups excluding carboxylic acids is 1. The van der Waals surface area contributed by atoms with E-state index in [4.69, 9.17) is 5.11 Å². The maximum atomic E-state index is 11.1. The highest BCUT2D eigenvalue weighted by Crippen LogP contribution is 2.35. The van der Waals surface area contributed by atoms with Crippen molar-refractivity contribution in [2.75, 3.05) is 10.6 Å². The standard InChI is InChI=1S/C16H14N4O3S2.BrH/c1-8-13(25-16(17-8)18-9(2)21)12-7-24-15(20-12)19-11-5-3-4-10(6-11)14(22)23;/h3-7H,1-2H3,(H,19,20)(H,22,23)(H,17,18,21);1H. The molecule has 26 heavy (non-hydrogen) atoms. The molecule has 136 valence electrons. The van der Waals surface area contributed by atoms with E-state index in [1.807, 2.05) is 12.3 Å². The number of thiazole rings is 2. The number of halogens is 1. The summed E-state index contributed by atoms with van der Waals surface area (Å²) in [5.74, 6) is -1.14. The van der Waals surface area contributed by atoms with Crippen LogP contribution in [0.2, 0.25) is 0 Å². The maximum absolute atomic E-state index is 11.1. The fraction of sp³-hybridized carbons (Fsp3) is 0.125. The topological polar surface area (TPSA) is 104 Å². The zero-order valence-electron chi connectivity index (χ0n) is 13.8. The van der Waals surface area contributed by atoms with Gasteiger partial charge in [0.2, 0.25) is 5.91 Å². The summed E-state index contributed by atoms with van der Waals surface area (Å²) >= 11 is 2.77. The second kappa shape index (κ2) is 8.39. The summed E-state index contributed by atoms with van der Waals surface area (Å²) < 4.78 is 0. The molecule has 0 unspecified atom stereocenters. The molecule has 2 heterocycles. The van der Waals surface area contributed by atoms with Crippen molar-refractivity contribution in [2.45, 2.75) is 13.8 Å². The molecule has 3 rings (SSSR count). The molecule has 1 aromatic carbocycles. The van der Waals surface area contributed by atoms with Crippen molar-refractivity contribution in [3.8, 4) is 10.6 Å². The summed E-state index contributed by atoms with van der Waals surface area (Å²) in [6.45, 7) is 3.30. The second-order valence-corrected chi connectivity index (χ2v) is 7.02. The molecule has 7 nitrogen and oxygen atoms in total. The minimum absolute atomic E-state index is 0. The number of hydrogen-bond acceptors (Lipinski definition) is 7. The summed E-state index contributed by atoms with van der Waals surface area (Å²) in [7, 11) is 0. The van der Waals surface area contributed by atoms with E-state index >= 15 is 0 Å². The van der Waals surface area contributed by atoms with Gasteiger partial charge in [0.1, 0.15) is 0 Å². The van der Waals surface area contributed by atoms with Crippen LogP contribution in [0.1, 0.15) is 23.0 Å². The van der Waals surface area contributed by atoms with Crippen molar-refractivity contribution < 1.29 is 14.7 Å². The third-order valence-corrected chi connectivity index (χ3v) is 5.03. The first-order valence-electron chi connectivity index (χ1n) is 7.23. The van der Waals surface area contributed by atoms with Crippen molar-refractivity contribution >= 4 is 67.5 Å². The van der Waals surface area contributed by atoms with Gasteiger partial charge in [-0.3, -0.25) is 4.79 Å². The van der Waals surface area contributed by atoms with Crippen molar-refractivity contribution in [1.29, 1.82) is 0 Å². The molecule has 0 aliphatic carbocycles. The Morgan fingerprint density at radius 3 is 2.65 bits per heavy atom. The first-order valence-corrected chi connectivity index (χ1v) is 8.93. The Morgan fingerprint density at radius 2 is 1.96 bits per heavy atom. The van der Waals surface area contributed by atoms with Crippen LogP contribution in [-0.2, 0) is 4.79 Å². The smallest absolute Gasteiger partial charge is 0.335 e. The average molecular weight is 455 g/mol.